The van der Waals surface area contributed by atoms with Gasteiger partial charge < -0.3 is 0 Å². The molecule has 0 unspecified atom stereocenters. The van der Waals surface area contributed by atoms with E-state index in [1.165, 1.54) is 25.7 Å². The van der Waals surface area contributed by atoms with Crippen molar-refractivity contribution in [3.05, 3.63) is 18.4 Å². The van der Waals surface area contributed by atoms with Crippen LogP contribution in [-0.2, 0) is 0 Å². The zero-order valence-electron chi connectivity index (χ0n) is 6.95. The average molecular weight is 137 g/mol. The highest BCUT2D eigenvalue weighted by Crippen LogP contribution is 2.28. The molecule has 2 nitrogen and oxygen atoms in total. The van der Waals surface area contributed by atoms with E-state index in [0.717, 1.165) is 0 Å². The van der Waals surface area contributed by atoms with E-state index in [4.69, 9.17) is 1.37 Å². The number of aromatic nitrogens is 2. The van der Waals surface area contributed by atoms with Gasteiger partial charge >= 0.3 is 0 Å². The van der Waals surface area contributed by atoms with Crippen LogP contribution in [0.4, 0.5) is 0 Å². The van der Waals surface area contributed by atoms with Gasteiger partial charge in [-0.25, -0.2) is 0 Å². The molecule has 0 aliphatic heterocycles. The van der Waals surface area contributed by atoms with Crippen LogP contribution in [0, 0.1) is 0 Å². The second-order valence-corrected chi connectivity index (χ2v) is 2.86. The molecule has 0 N–H and O–H groups in total. The molecule has 0 amide bonds. The van der Waals surface area contributed by atoms with E-state index in [0.29, 0.717) is 12.1 Å². The highest BCUT2D eigenvalue weighted by Gasteiger charge is 2.15. The number of hydrogen-bond donors (Lipinski definition) is 0. The molecule has 1 aromatic rings. The molecule has 0 saturated heterocycles. The van der Waals surface area contributed by atoms with Crippen molar-refractivity contribution in [2.75, 3.05) is 0 Å². The van der Waals surface area contributed by atoms with Gasteiger partial charge in [-0.2, -0.15) is 5.10 Å². The number of nitrogens with zero attached hydrogens (tertiary/aromatic N) is 2. The molecule has 1 saturated carbocycles. The smallest absolute Gasteiger partial charge is 0.0656 e. The Bertz CT molecular complexity index is 238. The quantitative estimate of drug-likeness (QED) is 0.579. The standard InChI is InChI=1S/C8H12N2/c1-2-5-8(4-1)10-7-3-6-9-10/h3,6-8H,1-2,4-5H2/i3D. The summed E-state index contributed by atoms with van der Waals surface area (Å²) in [5.41, 5.74) is 0. The lowest BCUT2D eigenvalue weighted by Crippen LogP contribution is -2.03. The molecular weight excluding hydrogens is 124 g/mol. The van der Waals surface area contributed by atoms with Crippen LogP contribution in [0.25, 0.3) is 0 Å². The van der Waals surface area contributed by atoms with E-state index in [9.17, 15) is 0 Å². The molecule has 1 aliphatic rings. The van der Waals surface area contributed by atoms with Gasteiger partial charge in [-0.05, 0) is 18.9 Å². The van der Waals surface area contributed by atoms with Gasteiger partial charge in [-0.15, -0.1) is 0 Å². The van der Waals surface area contributed by atoms with E-state index in [1.54, 1.807) is 6.20 Å². The summed E-state index contributed by atoms with van der Waals surface area (Å²) in [7, 11) is 0. The molecule has 0 spiro atoms. The fraction of sp³-hybridized carbons (Fsp3) is 0.625. The molecule has 54 valence electrons. The molecule has 1 aromatic heterocycles. The van der Waals surface area contributed by atoms with Crippen LogP contribution in [0.1, 0.15) is 33.1 Å². The van der Waals surface area contributed by atoms with Gasteiger partial charge in [0.25, 0.3) is 0 Å². The summed E-state index contributed by atoms with van der Waals surface area (Å²) in [6, 6.07) is 1.10. The molecule has 1 fully saturated rings. The summed E-state index contributed by atoms with van der Waals surface area (Å²) >= 11 is 0. The Balaban J connectivity index is 2.15. The normalized spacial score (nSPS) is 21.4. The van der Waals surface area contributed by atoms with E-state index >= 15 is 0 Å². The molecule has 0 radical (unpaired) electrons. The lowest BCUT2D eigenvalue weighted by Gasteiger charge is -2.07. The molecule has 1 aliphatic carbocycles. The van der Waals surface area contributed by atoms with Gasteiger partial charge in [0.2, 0.25) is 0 Å². The zero-order chi connectivity index (χ0) is 7.68. The van der Waals surface area contributed by atoms with Gasteiger partial charge in [0.15, 0.2) is 0 Å². The number of hydrogen-bond acceptors (Lipinski definition) is 1. The van der Waals surface area contributed by atoms with Gasteiger partial charge in [0, 0.05) is 12.4 Å². The first-order chi connectivity index (χ1) is 5.36. The minimum Gasteiger partial charge on any atom is -0.270 e. The zero-order valence-corrected chi connectivity index (χ0v) is 5.95. The molecule has 2 rings (SSSR count). The highest BCUT2D eigenvalue weighted by molar-refractivity contribution is 4.83. The molecule has 0 atom stereocenters. The van der Waals surface area contributed by atoms with Crippen LogP contribution < -0.4 is 0 Å². The second-order valence-electron chi connectivity index (χ2n) is 2.86. The third kappa shape index (κ3) is 0.939. The first-order valence-electron chi connectivity index (χ1n) is 4.37. The fourth-order valence-electron chi connectivity index (χ4n) is 1.61. The van der Waals surface area contributed by atoms with Crippen molar-refractivity contribution in [2.45, 2.75) is 31.7 Å². The predicted molar refractivity (Wildman–Crippen MR) is 39.7 cm³/mol. The van der Waals surface area contributed by atoms with E-state index < -0.39 is 0 Å². The third-order valence-corrected chi connectivity index (χ3v) is 2.17. The maximum atomic E-state index is 7.30. The van der Waals surface area contributed by atoms with Crippen LogP contribution in [0.2, 0.25) is 0 Å². The van der Waals surface area contributed by atoms with Crippen molar-refractivity contribution < 1.29 is 1.37 Å². The van der Waals surface area contributed by atoms with Crippen LogP contribution in [0.3, 0.4) is 0 Å². The summed E-state index contributed by atoms with van der Waals surface area (Å²) in [6.07, 6.45) is 8.53. The van der Waals surface area contributed by atoms with Gasteiger partial charge in [-0.3, -0.25) is 4.68 Å². The predicted octanol–water partition coefficient (Wildman–Crippen LogP) is 2.00. The van der Waals surface area contributed by atoms with Crippen molar-refractivity contribution in [3.8, 4) is 0 Å². The van der Waals surface area contributed by atoms with Crippen molar-refractivity contribution in [1.82, 2.24) is 9.78 Å². The highest BCUT2D eigenvalue weighted by atomic mass is 15.3. The minimum absolute atomic E-state index is 0.525. The number of rotatable bonds is 1. The van der Waals surface area contributed by atoms with Crippen molar-refractivity contribution >= 4 is 0 Å². The molecule has 2 heteroatoms. The summed E-state index contributed by atoms with van der Waals surface area (Å²) < 4.78 is 9.24. The van der Waals surface area contributed by atoms with Gasteiger partial charge in [0.1, 0.15) is 0 Å². The molecule has 0 aromatic carbocycles. The summed E-state index contributed by atoms with van der Waals surface area (Å²) in [5, 5.41) is 4.13. The monoisotopic (exact) mass is 137 g/mol. The fourth-order valence-corrected chi connectivity index (χ4v) is 1.61. The van der Waals surface area contributed by atoms with Gasteiger partial charge in [-0.1, -0.05) is 12.8 Å². The summed E-state index contributed by atoms with van der Waals surface area (Å²) in [5.74, 6) is 0. The van der Waals surface area contributed by atoms with E-state index in [-0.39, 0.29) is 0 Å². The minimum atomic E-state index is 0.525. The lowest BCUT2D eigenvalue weighted by molar-refractivity contribution is 0.467. The van der Waals surface area contributed by atoms with Crippen LogP contribution >= 0.6 is 0 Å². The topological polar surface area (TPSA) is 17.8 Å². The largest absolute Gasteiger partial charge is 0.270 e. The Labute approximate surface area is 62.3 Å². The summed E-state index contributed by atoms with van der Waals surface area (Å²) in [4.78, 5) is 0. The SMILES string of the molecule is [2H]c1cnn(C2CCCC2)c1. The molecule has 1 heterocycles. The van der Waals surface area contributed by atoms with Crippen LogP contribution in [-0.4, -0.2) is 9.78 Å². The van der Waals surface area contributed by atoms with Crippen molar-refractivity contribution in [1.29, 1.82) is 0 Å². The van der Waals surface area contributed by atoms with Gasteiger partial charge in [0.05, 0.1) is 7.41 Å². The molecule has 0 bridgehead atoms. The summed E-state index contributed by atoms with van der Waals surface area (Å²) in [6.45, 7) is 0. The Morgan fingerprint density at radius 1 is 1.50 bits per heavy atom. The first-order valence-corrected chi connectivity index (χ1v) is 3.87. The average Bonchev–Trinajstić information content (AvgIpc) is 2.55. The van der Waals surface area contributed by atoms with Crippen LogP contribution in [0.15, 0.2) is 18.4 Å². The van der Waals surface area contributed by atoms with E-state index in [2.05, 4.69) is 5.10 Å². The Hall–Kier alpha value is -0.790. The van der Waals surface area contributed by atoms with E-state index in [1.807, 2.05) is 10.9 Å². The first kappa shape index (κ1) is 4.94. The Kier molecular flexibility index (Phi) is 1.21. The lowest BCUT2D eigenvalue weighted by atomic mass is 10.3. The molecule has 10 heavy (non-hydrogen) atoms. The van der Waals surface area contributed by atoms with Crippen molar-refractivity contribution in [3.63, 3.8) is 0 Å². The maximum absolute atomic E-state index is 7.30. The second kappa shape index (κ2) is 2.45. The maximum Gasteiger partial charge on any atom is 0.0656 e. The molecular formula is C8H12N2. The Morgan fingerprint density at radius 3 is 2.90 bits per heavy atom. The third-order valence-electron chi connectivity index (χ3n) is 2.17. The van der Waals surface area contributed by atoms with Crippen LogP contribution in [0.5, 0.6) is 0 Å². The van der Waals surface area contributed by atoms with Crippen molar-refractivity contribution in [2.24, 2.45) is 0 Å². The Morgan fingerprint density at radius 2 is 2.30 bits per heavy atom.